The number of aromatic nitrogens is 2. The van der Waals surface area contributed by atoms with Gasteiger partial charge in [0.05, 0.1) is 6.61 Å². The van der Waals surface area contributed by atoms with Crippen LogP contribution in [0.3, 0.4) is 0 Å². The molecule has 2 heterocycles. The van der Waals surface area contributed by atoms with E-state index < -0.39 is 0 Å². The molecule has 0 radical (unpaired) electrons. The van der Waals surface area contributed by atoms with Gasteiger partial charge in [0.25, 0.3) is 0 Å². The predicted molar refractivity (Wildman–Crippen MR) is 59.2 cm³/mol. The average Bonchev–Trinajstić information content (AvgIpc) is 2.85. The maximum absolute atomic E-state index is 5.30. The molecule has 1 fully saturated rings. The summed E-state index contributed by atoms with van der Waals surface area (Å²) in [6.07, 6.45) is 3.95. The van der Waals surface area contributed by atoms with Crippen molar-refractivity contribution in [2.45, 2.75) is 30.9 Å². The first-order valence-electron chi connectivity index (χ1n) is 5.22. The van der Waals surface area contributed by atoms with Gasteiger partial charge in [-0.05, 0) is 12.7 Å². The van der Waals surface area contributed by atoms with Gasteiger partial charge in [0.1, 0.15) is 0 Å². The molecule has 0 saturated carbocycles. The van der Waals surface area contributed by atoms with E-state index in [1.807, 2.05) is 11.8 Å². The number of nitrogens with zero attached hydrogens (tertiary/aromatic N) is 2. The Labute approximate surface area is 93.8 Å². The first kappa shape index (κ1) is 11.0. The van der Waals surface area contributed by atoms with Crippen molar-refractivity contribution in [3.63, 3.8) is 0 Å². The summed E-state index contributed by atoms with van der Waals surface area (Å²) in [4.78, 5) is 4.41. The van der Waals surface area contributed by atoms with Gasteiger partial charge in [0.2, 0.25) is 5.89 Å². The quantitative estimate of drug-likeness (QED) is 0.787. The van der Waals surface area contributed by atoms with Crippen LogP contribution >= 0.6 is 11.8 Å². The zero-order valence-electron chi connectivity index (χ0n) is 9.10. The third-order valence-electron chi connectivity index (χ3n) is 2.64. The highest BCUT2D eigenvalue weighted by Crippen LogP contribution is 2.23. The first-order chi connectivity index (χ1) is 7.29. The van der Waals surface area contributed by atoms with Gasteiger partial charge in [-0.3, -0.25) is 0 Å². The summed E-state index contributed by atoms with van der Waals surface area (Å²) in [6.45, 7) is 3.71. The Hall–Kier alpha value is -0.550. The highest BCUT2D eigenvalue weighted by Gasteiger charge is 2.23. The Morgan fingerprint density at radius 1 is 1.60 bits per heavy atom. The maximum Gasteiger partial charge on any atom is 0.227 e. The Kier molecular flexibility index (Phi) is 3.64. The van der Waals surface area contributed by atoms with Crippen molar-refractivity contribution in [2.75, 3.05) is 19.5 Å². The highest BCUT2D eigenvalue weighted by molar-refractivity contribution is 7.99. The summed E-state index contributed by atoms with van der Waals surface area (Å²) in [5.41, 5.74) is 0. The molecule has 1 aliphatic heterocycles. The van der Waals surface area contributed by atoms with Crippen LogP contribution in [0, 0.1) is 0 Å². The second-order valence-electron chi connectivity index (χ2n) is 3.86. The van der Waals surface area contributed by atoms with Gasteiger partial charge in [0.15, 0.2) is 5.82 Å². The lowest BCUT2D eigenvalue weighted by Crippen LogP contribution is -2.03. The molecule has 84 valence electrons. The van der Waals surface area contributed by atoms with Crippen LogP contribution < -0.4 is 0 Å². The molecule has 0 N–H and O–H groups in total. The Bertz CT molecular complexity index is 310. The molecule has 1 aliphatic rings. The molecule has 0 unspecified atom stereocenters. The smallest absolute Gasteiger partial charge is 0.227 e. The summed E-state index contributed by atoms with van der Waals surface area (Å²) in [6, 6.07) is 0. The number of thioether (sulfide) groups is 1. The largest absolute Gasteiger partial charge is 0.381 e. The molecule has 1 aromatic heterocycles. The van der Waals surface area contributed by atoms with E-state index in [4.69, 9.17) is 9.26 Å². The number of rotatable bonds is 4. The van der Waals surface area contributed by atoms with Crippen molar-refractivity contribution in [2.24, 2.45) is 0 Å². The number of hydrogen-bond donors (Lipinski definition) is 0. The lowest BCUT2D eigenvalue weighted by Gasteiger charge is -2.02. The second kappa shape index (κ2) is 4.99. The lowest BCUT2D eigenvalue weighted by molar-refractivity contribution is 0.192. The van der Waals surface area contributed by atoms with Crippen molar-refractivity contribution in [3.8, 4) is 0 Å². The van der Waals surface area contributed by atoms with Crippen molar-refractivity contribution in [1.29, 1.82) is 0 Å². The van der Waals surface area contributed by atoms with E-state index in [0.717, 1.165) is 37.8 Å². The van der Waals surface area contributed by atoms with Crippen molar-refractivity contribution in [3.05, 3.63) is 11.7 Å². The maximum atomic E-state index is 5.30. The molecule has 1 saturated heterocycles. The summed E-state index contributed by atoms with van der Waals surface area (Å²) in [5.74, 6) is 1.90. The fourth-order valence-corrected chi connectivity index (χ4v) is 1.89. The molecule has 2 rings (SSSR count). The number of ether oxygens (including phenoxy) is 1. The summed E-state index contributed by atoms with van der Waals surface area (Å²) in [5, 5.41) is 4.54. The van der Waals surface area contributed by atoms with Crippen LogP contribution in [0.5, 0.6) is 0 Å². The van der Waals surface area contributed by atoms with Crippen LogP contribution in [0.1, 0.15) is 31.0 Å². The molecule has 2 atom stereocenters. The molecule has 0 spiro atoms. The SMILES string of the molecule is CS[C@@H](C)Cc1nc([C@@H]2CCOC2)no1. The molecule has 0 bridgehead atoms. The Morgan fingerprint density at radius 2 is 2.47 bits per heavy atom. The van der Waals surface area contributed by atoms with E-state index in [0.29, 0.717) is 11.2 Å². The van der Waals surface area contributed by atoms with E-state index in [1.54, 1.807) is 0 Å². The van der Waals surface area contributed by atoms with E-state index in [-0.39, 0.29) is 0 Å². The molecule has 1 aromatic rings. The predicted octanol–water partition coefficient (Wildman–Crippen LogP) is 1.87. The molecule has 0 amide bonds. The van der Waals surface area contributed by atoms with Gasteiger partial charge in [0, 0.05) is 24.2 Å². The molecule has 0 aromatic carbocycles. The minimum absolute atomic E-state index is 0.340. The van der Waals surface area contributed by atoms with Gasteiger partial charge in [-0.25, -0.2) is 0 Å². The zero-order chi connectivity index (χ0) is 10.7. The van der Waals surface area contributed by atoms with Crippen LogP contribution in [0.4, 0.5) is 0 Å². The van der Waals surface area contributed by atoms with Gasteiger partial charge >= 0.3 is 0 Å². The van der Waals surface area contributed by atoms with Gasteiger partial charge in [-0.15, -0.1) is 0 Å². The van der Waals surface area contributed by atoms with Crippen LogP contribution in [-0.2, 0) is 11.2 Å². The normalized spacial score (nSPS) is 23.2. The third kappa shape index (κ3) is 2.72. The minimum atomic E-state index is 0.340. The molecule has 0 aliphatic carbocycles. The van der Waals surface area contributed by atoms with Crippen LogP contribution in [0.2, 0.25) is 0 Å². The van der Waals surface area contributed by atoms with Gasteiger partial charge in [-0.1, -0.05) is 12.1 Å². The van der Waals surface area contributed by atoms with Crippen LogP contribution in [0.15, 0.2) is 4.52 Å². The second-order valence-corrected chi connectivity index (χ2v) is 5.13. The molecular weight excluding hydrogens is 212 g/mol. The molecule has 5 heteroatoms. The van der Waals surface area contributed by atoms with E-state index in [9.17, 15) is 0 Å². The van der Waals surface area contributed by atoms with Crippen LogP contribution in [-0.4, -0.2) is 34.9 Å². The van der Waals surface area contributed by atoms with Crippen molar-refractivity contribution >= 4 is 11.8 Å². The van der Waals surface area contributed by atoms with E-state index in [2.05, 4.69) is 23.3 Å². The molecule has 15 heavy (non-hydrogen) atoms. The molecular formula is C10H16N2O2S. The summed E-state index contributed by atoms with van der Waals surface area (Å²) in [7, 11) is 0. The van der Waals surface area contributed by atoms with E-state index >= 15 is 0 Å². The van der Waals surface area contributed by atoms with E-state index in [1.165, 1.54) is 0 Å². The van der Waals surface area contributed by atoms with Crippen molar-refractivity contribution < 1.29 is 9.26 Å². The molecule has 4 nitrogen and oxygen atoms in total. The highest BCUT2D eigenvalue weighted by atomic mass is 32.2. The van der Waals surface area contributed by atoms with Crippen LogP contribution in [0.25, 0.3) is 0 Å². The summed E-state index contributed by atoms with van der Waals surface area (Å²) >= 11 is 1.81. The number of hydrogen-bond acceptors (Lipinski definition) is 5. The fourth-order valence-electron chi connectivity index (χ4n) is 1.58. The topological polar surface area (TPSA) is 48.2 Å². The van der Waals surface area contributed by atoms with Gasteiger partial charge < -0.3 is 9.26 Å². The standard InChI is InChI=1S/C10H16N2O2S/c1-7(15-2)5-9-11-10(12-14-9)8-3-4-13-6-8/h7-8H,3-6H2,1-2H3/t7-,8+/m0/s1. The first-order valence-corrected chi connectivity index (χ1v) is 6.51. The average molecular weight is 228 g/mol. The zero-order valence-corrected chi connectivity index (χ0v) is 9.92. The lowest BCUT2D eigenvalue weighted by atomic mass is 10.1. The monoisotopic (exact) mass is 228 g/mol. The van der Waals surface area contributed by atoms with Gasteiger partial charge in [-0.2, -0.15) is 16.7 Å². The Morgan fingerprint density at radius 3 is 3.13 bits per heavy atom. The fraction of sp³-hybridized carbons (Fsp3) is 0.800. The van der Waals surface area contributed by atoms with Crippen molar-refractivity contribution in [1.82, 2.24) is 10.1 Å². The Balaban J connectivity index is 1.97. The third-order valence-corrected chi connectivity index (χ3v) is 3.61. The minimum Gasteiger partial charge on any atom is -0.381 e. The summed E-state index contributed by atoms with van der Waals surface area (Å²) < 4.78 is 10.5.